The van der Waals surface area contributed by atoms with Gasteiger partial charge in [0.1, 0.15) is 6.23 Å². The van der Waals surface area contributed by atoms with Crippen LogP contribution in [0.15, 0.2) is 42.1 Å². The summed E-state index contributed by atoms with van der Waals surface area (Å²) in [5, 5.41) is 3.08. The zero-order chi connectivity index (χ0) is 17.6. The van der Waals surface area contributed by atoms with Crippen molar-refractivity contribution in [2.45, 2.75) is 38.5 Å². The zero-order valence-electron chi connectivity index (χ0n) is 14.2. The third-order valence-corrected chi connectivity index (χ3v) is 4.28. The van der Waals surface area contributed by atoms with Gasteiger partial charge in [-0.15, -0.1) is 0 Å². The second-order valence-electron chi connectivity index (χ2n) is 6.31. The van der Waals surface area contributed by atoms with Crippen molar-refractivity contribution in [3.63, 3.8) is 0 Å². The van der Waals surface area contributed by atoms with Crippen LogP contribution in [0.2, 0.25) is 0 Å². The zero-order valence-corrected chi connectivity index (χ0v) is 14.2. The molecule has 1 heterocycles. The molecule has 1 unspecified atom stereocenters. The van der Waals surface area contributed by atoms with Crippen molar-refractivity contribution < 1.29 is 23.0 Å². The predicted octanol–water partition coefficient (Wildman–Crippen LogP) is 4.03. The number of rotatable bonds is 9. The van der Waals surface area contributed by atoms with Gasteiger partial charge in [-0.3, -0.25) is 0 Å². The third-order valence-electron chi connectivity index (χ3n) is 4.28. The topological polar surface area (TPSA) is 39.7 Å². The normalized spacial score (nSPS) is 19.5. The highest BCUT2D eigenvalue weighted by atomic mass is 19.3. The molecule has 1 aliphatic heterocycles. The summed E-state index contributed by atoms with van der Waals surface area (Å²) >= 11 is 0. The van der Waals surface area contributed by atoms with Crippen LogP contribution in [0.5, 0.6) is 11.5 Å². The van der Waals surface area contributed by atoms with Gasteiger partial charge in [0.2, 0.25) is 0 Å². The summed E-state index contributed by atoms with van der Waals surface area (Å²) in [6, 6.07) is 5.18. The molecule has 1 aromatic carbocycles. The Kier molecular flexibility index (Phi) is 5.91. The number of nitrogens with one attached hydrogen (secondary N) is 1. The van der Waals surface area contributed by atoms with Crippen LogP contribution in [-0.4, -0.2) is 26.6 Å². The minimum Gasteiger partial charge on any atom is -0.489 e. The lowest BCUT2D eigenvalue weighted by molar-refractivity contribution is -0.0515. The second kappa shape index (κ2) is 8.34. The van der Waals surface area contributed by atoms with Crippen LogP contribution in [0, 0.1) is 5.92 Å². The van der Waals surface area contributed by atoms with Gasteiger partial charge in [0.15, 0.2) is 11.5 Å². The minimum absolute atomic E-state index is 0.0971. The molecule has 1 fully saturated rings. The molecule has 1 N–H and O–H groups in total. The second-order valence-corrected chi connectivity index (χ2v) is 6.31. The number of hydrogen-bond donors (Lipinski definition) is 1. The molecule has 0 radical (unpaired) electrons. The van der Waals surface area contributed by atoms with Crippen LogP contribution in [0.4, 0.5) is 8.78 Å². The Labute approximate surface area is 146 Å². The molecular weight excluding hydrogens is 328 g/mol. The highest BCUT2D eigenvalue weighted by Gasteiger charge is 2.23. The van der Waals surface area contributed by atoms with E-state index in [1.807, 2.05) is 18.4 Å². The minimum atomic E-state index is -2.86. The molecule has 25 heavy (non-hydrogen) atoms. The predicted molar refractivity (Wildman–Crippen MR) is 90.8 cm³/mol. The summed E-state index contributed by atoms with van der Waals surface area (Å²) in [6.45, 7) is -2.30. The lowest BCUT2D eigenvalue weighted by Gasteiger charge is -2.18. The molecule has 4 nitrogen and oxygen atoms in total. The van der Waals surface area contributed by atoms with Gasteiger partial charge in [0.25, 0.3) is 0 Å². The van der Waals surface area contributed by atoms with Gasteiger partial charge >= 0.3 is 6.61 Å². The van der Waals surface area contributed by atoms with Crippen LogP contribution in [0.25, 0.3) is 0 Å². The van der Waals surface area contributed by atoms with Gasteiger partial charge in [-0.05, 0) is 73.2 Å². The maximum absolute atomic E-state index is 12.6. The molecule has 1 aromatic rings. The molecule has 136 valence electrons. The van der Waals surface area contributed by atoms with Crippen molar-refractivity contribution in [3.05, 3.63) is 47.7 Å². The first-order valence-electron chi connectivity index (χ1n) is 8.50. The molecule has 6 heteroatoms. The summed E-state index contributed by atoms with van der Waals surface area (Å²) in [6.07, 6.45) is 9.68. The number of aryl methyl sites for hydroxylation is 1. The van der Waals surface area contributed by atoms with Gasteiger partial charge in [-0.1, -0.05) is 6.07 Å². The highest BCUT2D eigenvalue weighted by molar-refractivity contribution is 5.43. The number of ether oxygens (including phenoxy) is 3. The summed E-state index contributed by atoms with van der Waals surface area (Å²) < 4.78 is 40.7. The average molecular weight is 351 g/mol. The molecule has 0 aromatic heterocycles. The molecule has 0 bridgehead atoms. The Balaban J connectivity index is 1.64. The Morgan fingerprint density at radius 1 is 1.20 bits per heavy atom. The molecule has 3 rings (SSSR count). The smallest absolute Gasteiger partial charge is 0.387 e. The fourth-order valence-electron chi connectivity index (χ4n) is 2.65. The molecule has 0 amide bonds. The number of alkyl halides is 2. The Hall–Kier alpha value is -2.08. The monoisotopic (exact) mass is 351 g/mol. The summed E-state index contributed by atoms with van der Waals surface area (Å²) in [7, 11) is 1.65. The van der Waals surface area contributed by atoms with Crippen LogP contribution in [0.3, 0.4) is 0 Å². The van der Waals surface area contributed by atoms with Crippen LogP contribution in [0.1, 0.15) is 24.8 Å². The van der Waals surface area contributed by atoms with E-state index in [4.69, 9.17) is 9.47 Å². The molecule has 1 saturated carbocycles. The lowest BCUT2D eigenvalue weighted by atomic mass is 10.0. The Bertz CT molecular complexity index is 642. The fraction of sp³-hybridized carbons (Fsp3) is 0.474. The number of halogens is 2. The first-order valence-corrected chi connectivity index (χ1v) is 8.50. The lowest BCUT2D eigenvalue weighted by Crippen LogP contribution is -2.26. The number of methoxy groups -OCH3 is 1. The summed E-state index contributed by atoms with van der Waals surface area (Å²) in [5.41, 5.74) is 2.19. The number of hydrogen-bond acceptors (Lipinski definition) is 4. The van der Waals surface area contributed by atoms with E-state index in [2.05, 4.69) is 10.1 Å². The van der Waals surface area contributed by atoms with Crippen molar-refractivity contribution in [2.24, 2.45) is 5.92 Å². The first kappa shape index (κ1) is 17.7. The van der Waals surface area contributed by atoms with Crippen LogP contribution >= 0.6 is 0 Å². The maximum Gasteiger partial charge on any atom is 0.387 e. The molecule has 1 aliphatic carbocycles. The van der Waals surface area contributed by atoms with E-state index in [0.29, 0.717) is 18.3 Å². The highest BCUT2D eigenvalue weighted by Crippen LogP contribution is 2.34. The van der Waals surface area contributed by atoms with E-state index in [1.165, 1.54) is 5.57 Å². The first-order chi connectivity index (χ1) is 12.1. The van der Waals surface area contributed by atoms with Crippen molar-refractivity contribution in [1.82, 2.24) is 5.32 Å². The van der Waals surface area contributed by atoms with E-state index in [0.717, 1.165) is 31.2 Å². The van der Waals surface area contributed by atoms with Gasteiger partial charge in [0, 0.05) is 7.11 Å². The number of dihydropyridines is 1. The molecule has 0 saturated heterocycles. The van der Waals surface area contributed by atoms with E-state index >= 15 is 0 Å². The quantitative estimate of drug-likeness (QED) is 0.729. The van der Waals surface area contributed by atoms with E-state index in [1.54, 1.807) is 25.3 Å². The summed E-state index contributed by atoms with van der Waals surface area (Å²) in [4.78, 5) is 0. The number of allylic oxidation sites excluding steroid dienone is 2. The van der Waals surface area contributed by atoms with Crippen molar-refractivity contribution in [1.29, 1.82) is 0 Å². The van der Waals surface area contributed by atoms with Crippen molar-refractivity contribution >= 4 is 0 Å². The summed E-state index contributed by atoms with van der Waals surface area (Å²) in [5.74, 6) is 1.04. The maximum atomic E-state index is 12.6. The standard InChI is InChI=1S/C19H23F2NO3/c1-23-18-11-14(8-9-22-18)3-2-13-6-7-16(25-19(20)21)17(10-13)24-12-15-4-5-15/h6-11,15,18-19,22H,2-5,12H2,1H3. The molecular formula is C19H23F2NO3. The van der Waals surface area contributed by atoms with Gasteiger partial charge < -0.3 is 19.5 Å². The van der Waals surface area contributed by atoms with Crippen molar-refractivity contribution in [3.8, 4) is 11.5 Å². The largest absolute Gasteiger partial charge is 0.489 e. The van der Waals surface area contributed by atoms with Gasteiger partial charge in [0.05, 0.1) is 6.61 Å². The van der Waals surface area contributed by atoms with Crippen LogP contribution in [-0.2, 0) is 11.2 Å². The Morgan fingerprint density at radius 3 is 2.76 bits per heavy atom. The van der Waals surface area contributed by atoms with E-state index < -0.39 is 6.61 Å². The molecule has 2 aliphatic rings. The van der Waals surface area contributed by atoms with Gasteiger partial charge in [-0.2, -0.15) is 8.78 Å². The molecule has 0 spiro atoms. The third kappa shape index (κ3) is 5.46. The SMILES string of the molecule is COC1C=C(CCc2ccc(OC(F)F)c(OCC3CC3)c2)C=CN1. The van der Waals surface area contributed by atoms with Crippen molar-refractivity contribution in [2.75, 3.05) is 13.7 Å². The van der Waals surface area contributed by atoms with E-state index in [9.17, 15) is 8.78 Å². The van der Waals surface area contributed by atoms with Crippen LogP contribution < -0.4 is 14.8 Å². The fourth-order valence-corrected chi connectivity index (χ4v) is 2.65. The molecule has 1 atom stereocenters. The van der Waals surface area contributed by atoms with Gasteiger partial charge in [-0.25, -0.2) is 0 Å². The Morgan fingerprint density at radius 2 is 2.04 bits per heavy atom. The van der Waals surface area contributed by atoms with E-state index in [-0.39, 0.29) is 12.0 Å². The number of benzene rings is 1. The average Bonchev–Trinajstić information content (AvgIpc) is 3.44.